The quantitative estimate of drug-likeness (QED) is 0.784. The first-order chi connectivity index (χ1) is 12.7. The van der Waals surface area contributed by atoms with Crippen molar-refractivity contribution in [2.24, 2.45) is 0 Å². The summed E-state index contributed by atoms with van der Waals surface area (Å²) in [6.07, 6.45) is 6.16. The Morgan fingerprint density at radius 2 is 2.04 bits per heavy atom. The van der Waals surface area contributed by atoms with Crippen molar-refractivity contribution in [3.05, 3.63) is 83.9 Å². The SMILES string of the molecule is CC1Cc2ccccc2N1C(=O)c1ccc(NCc2cccnc2)cn1. The molecule has 5 heteroatoms. The Bertz CT molecular complexity index is 909. The average molecular weight is 344 g/mol. The Morgan fingerprint density at radius 3 is 2.81 bits per heavy atom. The lowest BCUT2D eigenvalue weighted by Gasteiger charge is -2.22. The molecule has 1 N–H and O–H groups in total. The second kappa shape index (κ2) is 6.96. The second-order valence-electron chi connectivity index (χ2n) is 6.50. The third-order valence-corrected chi connectivity index (χ3v) is 4.63. The number of rotatable bonds is 4. The molecule has 1 atom stereocenters. The highest BCUT2D eigenvalue weighted by atomic mass is 16.2. The normalized spacial score (nSPS) is 15.6. The molecule has 1 unspecified atom stereocenters. The summed E-state index contributed by atoms with van der Waals surface area (Å²) >= 11 is 0. The zero-order chi connectivity index (χ0) is 17.9. The highest BCUT2D eigenvalue weighted by Crippen LogP contribution is 2.32. The Labute approximate surface area is 152 Å². The fraction of sp³-hybridized carbons (Fsp3) is 0.190. The van der Waals surface area contributed by atoms with Crippen LogP contribution in [0.15, 0.2) is 67.1 Å². The van der Waals surface area contributed by atoms with Crippen LogP contribution in [0.25, 0.3) is 0 Å². The second-order valence-corrected chi connectivity index (χ2v) is 6.50. The summed E-state index contributed by atoms with van der Waals surface area (Å²) in [5.74, 6) is -0.0544. The molecule has 0 bridgehead atoms. The number of hydrogen-bond acceptors (Lipinski definition) is 4. The van der Waals surface area contributed by atoms with E-state index in [4.69, 9.17) is 0 Å². The topological polar surface area (TPSA) is 58.1 Å². The van der Waals surface area contributed by atoms with Gasteiger partial charge in [-0.25, -0.2) is 4.98 Å². The zero-order valence-corrected chi connectivity index (χ0v) is 14.6. The molecule has 0 saturated carbocycles. The highest BCUT2D eigenvalue weighted by Gasteiger charge is 2.31. The molecule has 0 spiro atoms. The van der Waals surface area contributed by atoms with E-state index in [1.54, 1.807) is 18.5 Å². The smallest absolute Gasteiger partial charge is 0.277 e. The number of benzene rings is 1. The van der Waals surface area contributed by atoms with Crippen molar-refractivity contribution in [3.63, 3.8) is 0 Å². The van der Waals surface area contributed by atoms with Crippen LogP contribution in [-0.2, 0) is 13.0 Å². The number of pyridine rings is 2. The number of fused-ring (bicyclic) bond motifs is 1. The van der Waals surface area contributed by atoms with E-state index in [9.17, 15) is 4.79 Å². The third kappa shape index (κ3) is 3.16. The highest BCUT2D eigenvalue weighted by molar-refractivity contribution is 6.06. The number of nitrogens with zero attached hydrogens (tertiary/aromatic N) is 3. The first kappa shape index (κ1) is 16.3. The van der Waals surface area contributed by atoms with Crippen LogP contribution in [0, 0.1) is 0 Å². The molecule has 1 aromatic carbocycles. The molecule has 1 amide bonds. The summed E-state index contributed by atoms with van der Waals surface area (Å²) in [4.78, 5) is 23.3. The number of carbonyl (C=O) groups excluding carboxylic acids is 1. The summed E-state index contributed by atoms with van der Waals surface area (Å²) in [5, 5.41) is 3.29. The molecule has 3 aromatic rings. The molecule has 0 radical (unpaired) electrons. The fourth-order valence-corrected chi connectivity index (χ4v) is 3.33. The Kier molecular flexibility index (Phi) is 4.35. The van der Waals surface area contributed by atoms with Crippen molar-refractivity contribution in [1.29, 1.82) is 0 Å². The largest absolute Gasteiger partial charge is 0.380 e. The molecule has 2 aromatic heterocycles. The number of nitrogens with one attached hydrogen (secondary N) is 1. The third-order valence-electron chi connectivity index (χ3n) is 4.63. The van der Waals surface area contributed by atoms with Gasteiger partial charge in [-0.05, 0) is 48.7 Å². The Morgan fingerprint density at radius 1 is 1.15 bits per heavy atom. The maximum absolute atomic E-state index is 12.9. The van der Waals surface area contributed by atoms with Gasteiger partial charge in [0.15, 0.2) is 0 Å². The van der Waals surface area contributed by atoms with Crippen LogP contribution in [0.2, 0.25) is 0 Å². The summed E-state index contributed by atoms with van der Waals surface area (Å²) in [6.45, 7) is 2.74. The number of carbonyl (C=O) groups is 1. The number of aromatic nitrogens is 2. The van der Waals surface area contributed by atoms with E-state index in [1.165, 1.54) is 5.56 Å². The number of para-hydroxylation sites is 1. The zero-order valence-electron chi connectivity index (χ0n) is 14.6. The molecule has 1 aliphatic rings. The first-order valence-electron chi connectivity index (χ1n) is 8.72. The maximum Gasteiger partial charge on any atom is 0.277 e. The van der Waals surface area contributed by atoms with Gasteiger partial charge < -0.3 is 10.2 Å². The van der Waals surface area contributed by atoms with Crippen molar-refractivity contribution in [2.75, 3.05) is 10.2 Å². The minimum Gasteiger partial charge on any atom is -0.380 e. The number of hydrogen-bond donors (Lipinski definition) is 1. The van der Waals surface area contributed by atoms with Crippen molar-refractivity contribution in [3.8, 4) is 0 Å². The monoisotopic (exact) mass is 344 g/mol. The molecule has 0 saturated heterocycles. The van der Waals surface area contributed by atoms with Crippen LogP contribution >= 0.6 is 0 Å². The lowest BCUT2D eigenvalue weighted by molar-refractivity contribution is 0.0976. The molecule has 130 valence electrons. The summed E-state index contributed by atoms with van der Waals surface area (Å²) in [5.41, 5.74) is 4.63. The van der Waals surface area contributed by atoms with Crippen molar-refractivity contribution < 1.29 is 4.79 Å². The molecular weight excluding hydrogens is 324 g/mol. The number of amides is 1. The predicted molar refractivity (Wildman–Crippen MR) is 102 cm³/mol. The molecule has 5 nitrogen and oxygen atoms in total. The van der Waals surface area contributed by atoms with E-state index >= 15 is 0 Å². The molecule has 26 heavy (non-hydrogen) atoms. The predicted octanol–water partition coefficient (Wildman–Crippen LogP) is 3.68. The van der Waals surface area contributed by atoms with E-state index in [2.05, 4.69) is 28.3 Å². The van der Waals surface area contributed by atoms with Crippen LogP contribution in [0.5, 0.6) is 0 Å². The van der Waals surface area contributed by atoms with Crippen LogP contribution in [0.4, 0.5) is 11.4 Å². The van der Waals surface area contributed by atoms with E-state index in [0.717, 1.165) is 23.4 Å². The van der Waals surface area contributed by atoms with Gasteiger partial charge in [0.25, 0.3) is 5.91 Å². The van der Waals surface area contributed by atoms with Gasteiger partial charge in [-0.15, -0.1) is 0 Å². The lowest BCUT2D eigenvalue weighted by atomic mass is 10.1. The average Bonchev–Trinajstić information content (AvgIpc) is 3.03. The Hall–Kier alpha value is -3.21. The van der Waals surface area contributed by atoms with E-state index < -0.39 is 0 Å². The minimum absolute atomic E-state index is 0.0544. The summed E-state index contributed by atoms with van der Waals surface area (Å²) < 4.78 is 0. The van der Waals surface area contributed by atoms with Gasteiger partial charge in [-0.3, -0.25) is 9.78 Å². The van der Waals surface area contributed by atoms with Crippen LogP contribution in [-0.4, -0.2) is 21.9 Å². The standard InChI is InChI=1S/C21H20N4O/c1-15-11-17-6-2-3-7-20(17)25(15)21(26)19-9-8-18(14-24-19)23-13-16-5-4-10-22-12-16/h2-10,12,14-15,23H,11,13H2,1H3. The molecule has 0 aliphatic carbocycles. The van der Waals surface area contributed by atoms with E-state index in [1.807, 2.05) is 47.5 Å². The minimum atomic E-state index is -0.0544. The summed E-state index contributed by atoms with van der Waals surface area (Å²) in [6, 6.07) is 15.8. The van der Waals surface area contributed by atoms with E-state index in [-0.39, 0.29) is 11.9 Å². The van der Waals surface area contributed by atoms with Gasteiger partial charge in [0.2, 0.25) is 0 Å². The van der Waals surface area contributed by atoms with Crippen molar-refractivity contribution >= 4 is 17.3 Å². The van der Waals surface area contributed by atoms with Gasteiger partial charge in [0.05, 0.1) is 11.9 Å². The molecular formula is C21H20N4O. The maximum atomic E-state index is 12.9. The van der Waals surface area contributed by atoms with E-state index in [0.29, 0.717) is 12.2 Å². The summed E-state index contributed by atoms with van der Waals surface area (Å²) in [7, 11) is 0. The van der Waals surface area contributed by atoms with Crippen molar-refractivity contribution in [1.82, 2.24) is 9.97 Å². The molecule has 1 aliphatic heterocycles. The Balaban J connectivity index is 1.47. The van der Waals surface area contributed by atoms with Gasteiger partial charge in [-0.2, -0.15) is 0 Å². The number of anilines is 2. The van der Waals surface area contributed by atoms with Gasteiger partial charge in [0, 0.05) is 30.7 Å². The van der Waals surface area contributed by atoms with Crippen LogP contribution in [0.3, 0.4) is 0 Å². The molecule has 3 heterocycles. The fourth-order valence-electron chi connectivity index (χ4n) is 3.33. The van der Waals surface area contributed by atoms with Gasteiger partial charge in [0.1, 0.15) is 5.69 Å². The van der Waals surface area contributed by atoms with Crippen LogP contribution in [0.1, 0.15) is 28.5 Å². The molecule has 0 fully saturated rings. The first-order valence-corrected chi connectivity index (χ1v) is 8.72. The van der Waals surface area contributed by atoms with Gasteiger partial charge in [-0.1, -0.05) is 24.3 Å². The lowest BCUT2D eigenvalue weighted by Crippen LogP contribution is -2.36. The molecule has 4 rings (SSSR count). The van der Waals surface area contributed by atoms with Gasteiger partial charge >= 0.3 is 0 Å². The van der Waals surface area contributed by atoms with Crippen LogP contribution < -0.4 is 10.2 Å². The van der Waals surface area contributed by atoms with Crippen molar-refractivity contribution in [2.45, 2.75) is 25.9 Å².